The molecule has 0 bridgehead atoms. The molecule has 0 saturated carbocycles. The van der Waals surface area contributed by atoms with Gasteiger partial charge >= 0.3 is 0 Å². The highest BCUT2D eigenvalue weighted by Gasteiger charge is 2.20. The Hall–Kier alpha value is -3.85. The van der Waals surface area contributed by atoms with E-state index in [9.17, 15) is 18.0 Å². The van der Waals surface area contributed by atoms with Gasteiger partial charge in [0, 0.05) is 12.6 Å². The number of amides is 2. The highest BCUT2D eigenvalue weighted by atomic mass is 32.2. The molecule has 0 unspecified atom stereocenters. The number of carbonyl (C=O) groups excluding carboxylic acids is 2. The molecule has 0 fully saturated rings. The van der Waals surface area contributed by atoms with Crippen LogP contribution < -0.4 is 20.1 Å². The van der Waals surface area contributed by atoms with Crippen LogP contribution in [0.1, 0.15) is 22.8 Å². The van der Waals surface area contributed by atoms with Crippen LogP contribution >= 0.6 is 0 Å². The molecule has 3 aromatic rings. The molecule has 0 saturated heterocycles. The zero-order chi connectivity index (χ0) is 23.3. The number of aryl methyl sites for hydroxylation is 1. The molecule has 0 aromatic heterocycles. The lowest BCUT2D eigenvalue weighted by atomic mass is 10.1. The summed E-state index contributed by atoms with van der Waals surface area (Å²) in [4.78, 5) is 24.1. The SMILES string of the molecule is COc1ccc(S(=O)(=O)Nc2ccccc2C(=O)Nc2ccc(C)cc2)cc1NC(C)=O. The van der Waals surface area contributed by atoms with E-state index in [0.717, 1.165) is 5.56 Å². The van der Waals surface area contributed by atoms with Crippen molar-refractivity contribution in [2.45, 2.75) is 18.7 Å². The van der Waals surface area contributed by atoms with Gasteiger partial charge in [-0.2, -0.15) is 0 Å². The topological polar surface area (TPSA) is 114 Å². The number of benzene rings is 3. The van der Waals surface area contributed by atoms with E-state index < -0.39 is 15.9 Å². The van der Waals surface area contributed by atoms with Crippen molar-refractivity contribution >= 4 is 38.9 Å². The number of nitrogens with one attached hydrogen (secondary N) is 3. The Balaban J connectivity index is 1.89. The van der Waals surface area contributed by atoms with Crippen molar-refractivity contribution in [3.63, 3.8) is 0 Å². The fraction of sp³-hybridized carbons (Fsp3) is 0.130. The minimum absolute atomic E-state index is 0.101. The van der Waals surface area contributed by atoms with Crippen molar-refractivity contribution in [1.29, 1.82) is 0 Å². The highest BCUT2D eigenvalue weighted by Crippen LogP contribution is 2.29. The van der Waals surface area contributed by atoms with Crippen molar-refractivity contribution in [3.8, 4) is 5.75 Å². The maximum Gasteiger partial charge on any atom is 0.261 e. The summed E-state index contributed by atoms with van der Waals surface area (Å²) in [5.74, 6) is -0.512. The summed E-state index contributed by atoms with van der Waals surface area (Å²) in [6, 6.07) is 17.6. The van der Waals surface area contributed by atoms with Crippen molar-refractivity contribution in [2.24, 2.45) is 0 Å². The van der Waals surface area contributed by atoms with E-state index in [1.165, 1.54) is 44.4 Å². The fourth-order valence-electron chi connectivity index (χ4n) is 2.95. The van der Waals surface area contributed by atoms with Gasteiger partial charge in [0.25, 0.3) is 15.9 Å². The predicted octanol–water partition coefficient (Wildman–Crippen LogP) is 4.02. The van der Waals surface area contributed by atoms with Gasteiger partial charge in [-0.15, -0.1) is 0 Å². The third kappa shape index (κ3) is 5.44. The summed E-state index contributed by atoms with van der Waals surface area (Å²) in [6.45, 7) is 3.24. The summed E-state index contributed by atoms with van der Waals surface area (Å²) in [5.41, 5.74) is 2.14. The van der Waals surface area contributed by atoms with E-state index in [0.29, 0.717) is 11.4 Å². The molecule has 0 atom stereocenters. The van der Waals surface area contributed by atoms with Crippen molar-refractivity contribution < 1.29 is 22.7 Å². The van der Waals surface area contributed by atoms with Gasteiger partial charge in [0.05, 0.1) is 28.9 Å². The Kier molecular flexibility index (Phi) is 6.79. The maximum atomic E-state index is 13.0. The summed E-state index contributed by atoms with van der Waals surface area (Å²) in [6.07, 6.45) is 0. The third-order valence-corrected chi connectivity index (χ3v) is 5.88. The Labute approximate surface area is 186 Å². The number of carbonyl (C=O) groups is 2. The van der Waals surface area contributed by atoms with Gasteiger partial charge < -0.3 is 15.4 Å². The van der Waals surface area contributed by atoms with Crippen LogP contribution in [0.4, 0.5) is 17.1 Å². The highest BCUT2D eigenvalue weighted by molar-refractivity contribution is 7.92. The van der Waals surface area contributed by atoms with E-state index in [1.54, 1.807) is 24.3 Å². The molecule has 0 aliphatic carbocycles. The van der Waals surface area contributed by atoms with Crippen molar-refractivity contribution in [1.82, 2.24) is 0 Å². The number of hydrogen-bond acceptors (Lipinski definition) is 5. The molecular weight excluding hydrogens is 430 g/mol. The third-order valence-electron chi connectivity index (χ3n) is 4.52. The number of ether oxygens (including phenoxy) is 1. The molecule has 0 spiro atoms. The van der Waals surface area contributed by atoms with Gasteiger partial charge in [0.1, 0.15) is 5.75 Å². The lowest BCUT2D eigenvalue weighted by Gasteiger charge is -2.15. The molecule has 0 aliphatic rings. The summed E-state index contributed by atoms with van der Waals surface area (Å²) < 4.78 is 33.6. The lowest BCUT2D eigenvalue weighted by molar-refractivity contribution is -0.114. The molecule has 0 radical (unpaired) electrons. The number of methoxy groups -OCH3 is 1. The van der Waals surface area contributed by atoms with E-state index in [2.05, 4.69) is 15.4 Å². The molecule has 3 aromatic carbocycles. The largest absolute Gasteiger partial charge is 0.495 e. The average molecular weight is 454 g/mol. The Morgan fingerprint density at radius 3 is 2.22 bits per heavy atom. The number of rotatable bonds is 7. The first-order chi connectivity index (χ1) is 15.2. The van der Waals surface area contributed by atoms with Crippen LogP contribution in [-0.4, -0.2) is 27.3 Å². The number of para-hydroxylation sites is 1. The lowest BCUT2D eigenvalue weighted by Crippen LogP contribution is -2.19. The van der Waals surface area contributed by atoms with Gasteiger partial charge in [0.15, 0.2) is 0 Å². The smallest absolute Gasteiger partial charge is 0.261 e. The Bertz CT molecular complexity index is 1250. The minimum Gasteiger partial charge on any atom is -0.495 e. The first-order valence-corrected chi connectivity index (χ1v) is 11.1. The molecule has 0 aliphatic heterocycles. The second kappa shape index (κ2) is 9.52. The predicted molar refractivity (Wildman–Crippen MR) is 124 cm³/mol. The van der Waals surface area contributed by atoms with Gasteiger partial charge in [-0.25, -0.2) is 8.42 Å². The van der Waals surface area contributed by atoms with E-state index >= 15 is 0 Å². The van der Waals surface area contributed by atoms with E-state index in [-0.39, 0.29) is 27.7 Å². The van der Waals surface area contributed by atoms with Crippen LogP contribution in [0.5, 0.6) is 5.75 Å². The normalized spacial score (nSPS) is 10.8. The Morgan fingerprint density at radius 1 is 0.875 bits per heavy atom. The number of anilines is 3. The van der Waals surface area contributed by atoms with Crippen LogP contribution in [0, 0.1) is 6.92 Å². The van der Waals surface area contributed by atoms with Crippen molar-refractivity contribution in [2.75, 3.05) is 22.5 Å². The zero-order valence-corrected chi connectivity index (χ0v) is 18.6. The van der Waals surface area contributed by atoms with Gasteiger partial charge in [-0.05, 0) is 49.4 Å². The standard InChI is InChI=1S/C23H23N3O5S/c1-15-8-10-17(11-9-15)25-23(28)19-6-4-5-7-20(19)26-32(29,30)18-12-13-22(31-3)21(14-18)24-16(2)27/h4-14,26H,1-3H3,(H,24,27)(H,25,28). The quantitative estimate of drug-likeness (QED) is 0.500. The second-order valence-corrected chi connectivity index (χ2v) is 8.70. The molecule has 2 amide bonds. The van der Waals surface area contributed by atoms with Crippen LogP contribution in [-0.2, 0) is 14.8 Å². The minimum atomic E-state index is -4.07. The fourth-order valence-corrected chi connectivity index (χ4v) is 4.06. The molecule has 0 heterocycles. The summed E-state index contributed by atoms with van der Waals surface area (Å²) in [5, 5.41) is 5.30. The van der Waals surface area contributed by atoms with Gasteiger partial charge in [-0.3, -0.25) is 14.3 Å². The van der Waals surface area contributed by atoms with Crippen LogP contribution in [0.25, 0.3) is 0 Å². The molecule has 32 heavy (non-hydrogen) atoms. The second-order valence-electron chi connectivity index (χ2n) is 7.01. The molecule has 3 rings (SSSR count). The first kappa shape index (κ1) is 22.8. The van der Waals surface area contributed by atoms with Gasteiger partial charge in [-0.1, -0.05) is 29.8 Å². The molecule has 3 N–H and O–H groups in total. The number of hydrogen-bond donors (Lipinski definition) is 3. The summed E-state index contributed by atoms with van der Waals surface area (Å²) >= 11 is 0. The molecular formula is C23H23N3O5S. The van der Waals surface area contributed by atoms with E-state index in [1.807, 2.05) is 19.1 Å². The van der Waals surface area contributed by atoms with Crippen LogP contribution in [0.3, 0.4) is 0 Å². The van der Waals surface area contributed by atoms with E-state index in [4.69, 9.17) is 4.74 Å². The zero-order valence-electron chi connectivity index (χ0n) is 17.8. The monoisotopic (exact) mass is 453 g/mol. The number of sulfonamides is 1. The maximum absolute atomic E-state index is 13.0. The van der Waals surface area contributed by atoms with Gasteiger partial charge in [0.2, 0.25) is 5.91 Å². The average Bonchev–Trinajstić information content (AvgIpc) is 2.75. The summed E-state index contributed by atoms with van der Waals surface area (Å²) in [7, 11) is -2.66. The first-order valence-electron chi connectivity index (χ1n) is 9.65. The van der Waals surface area contributed by atoms with Crippen molar-refractivity contribution in [3.05, 3.63) is 77.9 Å². The molecule has 166 valence electrons. The Morgan fingerprint density at radius 2 is 1.56 bits per heavy atom. The van der Waals surface area contributed by atoms with Crippen LogP contribution in [0.2, 0.25) is 0 Å². The van der Waals surface area contributed by atoms with Crippen LogP contribution in [0.15, 0.2) is 71.6 Å². The molecule has 8 nitrogen and oxygen atoms in total. The molecule has 9 heteroatoms.